The number of allylic oxidation sites excluding steroid dienone is 4. The second-order valence-electron chi connectivity index (χ2n) is 16.3. The van der Waals surface area contributed by atoms with E-state index >= 15 is 0 Å². The summed E-state index contributed by atoms with van der Waals surface area (Å²) in [5.74, 6) is 0. The number of hydrogen-bond acceptors (Lipinski definition) is 2. The van der Waals surface area contributed by atoms with Gasteiger partial charge in [0.2, 0.25) is 0 Å². The molecule has 0 bridgehead atoms. The molecule has 8 aromatic carbocycles. The minimum Gasteiger partial charge on any atom is -0.316 e. The molecule has 1 unspecified atom stereocenters. The fraction of sp³-hybridized carbons (Fsp3) is 0.0357. The number of rotatable bonds is 4. The Morgan fingerprint density at radius 2 is 0.645 bits per heavy atom. The van der Waals surface area contributed by atoms with Crippen LogP contribution in [0.4, 0.5) is 0 Å². The summed E-state index contributed by atoms with van der Waals surface area (Å²) in [4.78, 5) is 0. The summed E-state index contributed by atoms with van der Waals surface area (Å²) < 4.78 is 9.12. The summed E-state index contributed by atoms with van der Waals surface area (Å²) in [5, 5.41) is 33.4. The molecule has 13 rings (SSSR count). The van der Waals surface area contributed by atoms with Gasteiger partial charge in [0.15, 0.2) is 5.54 Å². The molecule has 0 fully saturated rings. The standard InChI is InChI=1S/C56H34N6/c57-34-44-53(59-45-25-9-1-17-36(45)37-18-2-10-26-46(37)59)33-56(35-58,62-51-31-15-7-23-42(51)43-24-8-16-32-52(43)62)55(61-49-29-13-5-21-40(49)41-22-6-14-30-50(41)61)54(44)60-47-27-11-3-19-38(47)39-20-4-12-28-48(39)60/h1-32H,33H2. The molecule has 0 aliphatic heterocycles. The Labute approximate surface area is 355 Å². The Morgan fingerprint density at radius 3 is 0.984 bits per heavy atom. The number of nitrogens with zero attached hydrogens (tertiary/aromatic N) is 6. The zero-order valence-electron chi connectivity index (χ0n) is 33.4. The Morgan fingerprint density at radius 1 is 0.355 bits per heavy atom. The summed E-state index contributed by atoms with van der Waals surface area (Å²) >= 11 is 0. The molecular formula is C56H34N6. The van der Waals surface area contributed by atoms with E-state index in [4.69, 9.17) is 0 Å². The second-order valence-corrected chi connectivity index (χ2v) is 16.3. The number of fused-ring (bicyclic) bond motifs is 12. The summed E-state index contributed by atoms with van der Waals surface area (Å²) in [6.45, 7) is 0. The lowest BCUT2D eigenvalue weighted by atomic mass is 9.80. The van der Waals surface area contributed by atoms with Gasteiger partial charge in [0.25, 0.3) is 0 Å². The average Bonchev–Trinajstić information content (AvgIpc) is 4.06. The van der Waals surface area contributed by atoms with E-state index in [1.807, 2.05) is 0 Å². The molecule has 1 aliphatic rings. The van der Waals surface area contributed by atoms with E-state index in [9.17, 15) is 10.5 Å². The molecule has 4 aromatic heterocycles. The van der Waals surface area contributed by atoms with Gasteiger partial charge >= 0.3 is 0 Å². The maximum atomic E-state index is 12.7. The van der Waals surface area contributed by atoms with Gasteiger partial charge in [-0.25, -0.2) is 0 Å². The summed E-state index contributed by atoms with van der Waals surface area (Å²) in [7, 11) is 0. The Balaban J connectivity index is 1.35. The van der Waals surface area contributed by atoms with Gasteiger partial charge in [-0.1, -0.05) is 146 Å². The average molecular weight is 791 g/mol. The fourth-order valence-corrected chi connectivity index (χ4v) is 10.9. The van der Waals surface area contributed by atoms with Gasteiger partial charge in [-0.15, -0.1) is 0 Å². The van der Waals surface area contributed by atoms with Crippen LogP contribution >= 0.6 is 0 Å². The van der Waals surface area contributed by atoms with Crippen LogP contribution < -0.4 is 0 Å². The van der Waals surface area contributed by atoms with Crippen molar-refractivity contribution in [1.29, 1.82) is 10.5 Å². The second kappa shape index (κ2) is 12.7. The third kappa shape index (κ3) is 4.35. The van der Waals surface area contributed by atoms with Gasteiger partial charge in [0, 0.05) is 55.2 Å². The van der Waals surface area contributed by atoms with Gasteiger partial charge in [-0.05, 0) is 48.5 Å². The Kier molecular flexibility index (Phi) is 7.03. The van der Waals surface area contributed by atoms with Crippen LogP contribution in [0, 0.1) is 22.7 Å². The number of benzene rings is 8. The van der Waals surface area contributed by atoms with Gasteiger partial charge in [0.1, 0.15) is 6.07 Å². The van der Waals surface area contributed by atoms with Crippen LogP contribution in [0.15, 0.2) is 200 Å². The zero-order chi connectivity index (χ0) is 41.1. The van der Waals surface area contributed by atoms with Crippen molar-refractivity contribution in [3.05, 3.63) is 200 Å². The summed E-state index contributed by atoms with van der Waals surface area (Å²) in [5.41, 5.74) is 8.87. The van der Waals surface area contributed by atoms with E-state index in [0.29, 0.717) is 11.3 Å². The smallest absolute Gasteiger partial charge is 0.180 e. The Bertz CT molecular complexity index is 3840. The molecule has 12 aromatic rings. The first-order valence-electron chi connectivity index (χ1n) is 21.0. The number of nitriles is 2. The molecule has 288 valence electrons. The maximum absolute atomic E-state index is 12.7. The van der Waals surface area contributed by atoms with E-state index in [0.717, 1.165) is 98.6 Å². The van der Waals surface area contributed by atoms with E-state index in [1.165, 1.54) is 0 Å². The van der Waals surface area contributed by atoms with Crippen molar-refractivity contribution >= 4 is 104 Å². The Hall–Kier alpha value is -8.58. The molecule has 0 saturated carbocycles. The first-order valence-corrected chi connectivity index (χ1v) is 21.0. The van der Waals surface area contributed by atoms with E-state index in [1.54, 1.807) is 0 Å². The van der Waals surface area contributed by atoms with Gasteiger partial charge in [-0.3, -0.25) is 0 Å². The van der Waals surface area contributed by atoms with Crippen LogP contribution in [0.2, 0.25) is 0 Å². The lowest BCUT2D eigenvalue weighted by Gasteiger charge is -2.40. The molecule has 0 N–H and O–H groups in total. The highest BCUT2D eigenvalue weighted by Gasteiger charge is 2.49. The topological polar surface area (TPSA) is 67.3 Å². The fourth-order valence-electron chi connectivity index (χ4n) is 10.9. The van der Waals surface area contributed by atoms with Crippen LogP contribution in [-0.2, 0) is 5.54 Å². The van der Waals surface area contributed by atoms with Crippen LogP contribution in [-0.4, -0.2) is 18.3 Å². The molecule has 1 atom stereocenters. The van der Waals surface area contributed by atoms with Crippen molar-refractivity contribution in [3.8, 4) is 12.1 Å². The van der Waals surface area contributed by atoms with Gasteiger partial charge in [0.05, 0.1) is 67.2 Å². The summed E-state index contributed by atoms with van der Waals surface area (Å²) in [6.07, 6.45) is 0.189. The SMILES string of the molecule is N#CC1=C(n2c3ccccc3c3ccccc32)CC(C#N)(n2c3ccccc3c3ccccc32)C(n2c3ccccc3c3ccccc32)=C1n1c2ccccc2c2ccccc21. The van der Waals surface area contributed by atoms with Gasteiger partial charge in [-0.2, -0.15) is 10.5 Å². The third-order valence-corrected chi connectivity index (χ3v) is 13.3. The van der Waals surface area contributed by atoms with Crippen molar-refractivity contribution in [3.63, 3.8) is 0 Å². The number of aromatic nitrogens is 4. The third-order valence-electron chi connectivity index (χ3n) is 13.3. The molecule has 0 saturated heterocycles. The molecule has 62 heavy (non-hydrogen) atoms. The summed E-state index contributed by atoms with van der Waals surface area (Å²) in [6, 6.07) is 73.5. The maximum Gasteiger partial charge on any atom is 0.180 e. The first kappa shape index (κ1) is 34.3. The lowest BCUT2D eigenvalue weighted by molar-refractivity contribution is 0.512. The molecule has 6 heteroatoms. The number of hydrogen-bond donors (Lipinski definition) is 0. The molecule has 1 aliphatic carbocycles. The van der Waals surface area contributed by atoms with Gasteiger partial charge < -0.3 is 18.3 Å². The highest BCUT2D eigenvalue weighted by Crippen LogP contribution is 2.55. The van der Waals surface area contributed by atoms with Crippen LogP contribution in [0.5, 0.6) is 0 Å². The van der Waals surface area contributed by atoms with Crippen molar-refractivity contribution in [1.82, 2.24) is 18.3 Å². The molecule has 4 heterocycles. The molecule has 6 nitrogen and oxygen atoms in total. The van der Waals surface area contributed by atoms with E-state index in [2.05, 4.69) is 225 Å². The zero-order valence-corrected chi connectivity index (χ0v) is 33.4. The minimum absolute atomic E-state index is 0.189. The monoisotopic (exact) mass is 790 g/mol. The van der Waals surface area contributed by atoms with Crippen molar-refractivity contribution in [2.24, 2.45) is 0 Å². The van der Waals surface area contributed by atoms with Crippen molar-refractivity contribution in [2.75, 3.05) is 0 Å². The predicted octanol–water partition coefficient (Wildman–Crippen LogP) is 13.7. The largest absolute Gasteiger partial charge is 0.316 e. The first-order chi connectivity index (χ1) is 30.7. The van der Waals surface area contributed by atoms with Crippen LogP contribution in [0.3, 0.4) is 0 Å². The predicted molar refractivity (Wildman–Crippen MR) is 254 cm³/mol. The van der Waals surface area contributed by atoms with E-state index in [-0.39, 0.29) is 6.42 Å². The van der Waals surface area contributed by atoms with E-state index < -0.39 is 5.54 Å². The number of para-hydroxylation sites is 8. The molecular weight excluding hydrogens is 757 g/mol. The molecule has 0 radical (unpaired) electrons. The van der Waals surface area contributed by atoms with Crippen LogP contribution in [0.25, 0.3) is 104 Å². The van der Waals surface area contributed by atoms with Crippen molar-refractivity contribution < 1.29 is 0 Å². The molecule has 0 amide bonds. The highest BCUT2D eigenvalue weighted by molar-refractivity contribution is 6.19. The lowest BCUT2D eigenvalue weighted by Crippen LogP contribution is -2.40. The van der Waals surface area contributed by atoms with Crippen LogP contribution in [0.1, 0.15) is 6.42 Å². The normalized spacial score (nSPS) is 15.9. The van der Waals surface area contributed by atoms with Crippen molar-refractivity contribution in [2.45, 2.75) is 12.0 Å². The molecule has 0 spiro atoms. The quantitative estimate of drug-likeness (QED) is 0.178. The minimum atomic E-state index is -1.45. The highest BCUT2D eigenvalue weighted by atomic mass is 15.2.